The Balaban J connectivity index is 1.98. The summed E-state index contributed by atoms with van der Waals surface area (Å²) in [7, 11) is 0. The molecule has 1 aliphatic heterocycles. The van der Waals surface area contributed by atoms with Crippen LogP contribution in [-0.2, 0) is 6.18 Å². The van der Waals surface area contributed by atoms with Crippen LogP contribution in [0.5, 0.6) is 0 Å². The Hall–Kier alpha value is -2.27. The monoisotopic (exact) mass is 416 g/mol. The maximum atomic E-state index is 13.0. The van der Waals surface area contributed by atoms with Crippen molar-refractivity contribution in [2.75, 3.05) is 37.6 Å². The SMILES string of the molecule is CCCCN1CCN(c2nc(=O)c3cc(C(F)(F)F)cc([N+](=O)[O-])c3s2)CC1. The number of nitrogens with zero attached hydrogens (tertiary/aromatic N) is 4. The summed E-state index contributed by atoms with van der Waals surface area (Å²) in [6.45, 7) is 5.85. The molecule has 2 heterocycles. The van der Waals surface area contributed by atoms with Crippen molar-refractivity contribution in [2.24, 2.45) is 0 Å². The molecule has 0 bridgehead atoms. The highest BCUT2D eigenvalue weighted by Gasteiger charge is 2.34. The average Bonchev–Trinajstić information content (AvgIpc) is 2.65. The van der Waals surface area contributed by atoms with Gasteiger partial charge in [-0.25, -0.2) is 0 Å². The fourth-order valence-corrected chi connectivity index (χ4v) is 4.24. The van der Waals surface area contributed by atoms with E-state index in [0.717, 1.165) is 43.8 Å². The quantitative estimate of drug-likeness (QED) is 0.548. The maximum Gasteiger partial charge on any atom is 0.416 e. The minimum absolute atomic E-state index is 0.0820. The molecule has 0 saturated carbocycles. The lowest BCUT2D eigenvalue weighted by Crippen LogP contribution is -2.47. The number of fused-ring (bicyclic) bond motifs is 1. The van der Waals surface area contributed by atoms with Crippen molar-refractivity contribution in [1.82, 2.24) is 9.88 Å². The summed E-state index contributed by atoms with van der Waals surface area (Å²) in [6.07, 6.45) is -2.60. The fourth-order valence-electron chi connectivity index (χ4n) is 3.12. The maximum absolute atomic E-state index is 13.0. The Morgan fingerprint density at radius 2 is 1.93 bits per heavy atom. The molecule has 0 unspecified atom stereocenters. The Morgan fingerprint density at radius 1 is 1.25 bits per heavy atom. The summed E-state index contributed by atoms with van der Waals surface area (Å²) in [5.74, 6) is 0. The zero-order valence-corrected chi connectivity index (χ0v) is 16.0. The number of hydrogen-bond acceptors (Lipinski definition) is 7. The molecule has 0 amide bonds. The minimum Gasteiger partial charge on any atom is -0.345 e. The molecule has 0 N–H and O–H groups in total. The van der Waals surface area contributed by atoms with Crippen molar-refractivity contribution in [3.8, 4) is 0 Å². The number of alkyl halides is 3. The predicted octanol–water partition coefficient (Wildman–Crippen LogP) is 3.51. The van der Waals surface area contributed by atoms with Crippen LogP contribution in [0.4, 0.5) is 24.0 Å². The second kappa shape index (κ2) is 8.00. The van der Waals surface area contributed by atoms with E-state index in [-0.39, 0.29) is 10.1 Å². The number of rotatable bonds is 5. The number of aromatic nitrogens is 1. The number of hydrogen-bond donors (Lipinski definition) is 0. The summed E-state index contributed by atoms with van der Waals surface area (Å²) in [6, 6.07) is 1.12. The molecule has 1 aromatic carbocycles. The summed E-state index contributed by atoms with van der Waals surface area (Å²) in [4.78, 5) is 30.9. The van der Waals surface area contributed by atoms with Gasteiger partial charge in [0.25, 0.3) is 11.2 Å². The van der Waals surface area contributed by atoms with Crippen LogP contribution < -0.4 is 10.5 Å². The van der Waals surface area contributed by atoms with Crippen molar-refractivity contribution in [3.63, 3.8) is 0 Å². The van der Waals surface area contributed by atoms with Gasteiger partial charge in [0, 0.05) is 32.2 Å². The van der Waals surface area contributed by atoms with Gasteiger partial charge in [0.1, 0.15) is 4.70 Å². The number of piperazine rings is 1. The second-order valence-corrected chi connectivity index (χ2v) is 7.59. The van der Waals surface area contributed by atoms with Crippen LogP contribution in [-0.4, -0.2) is 47.5 Å². The van der Waals surface area contributed by atoms with Gasteiger partial charge in [-0.15, -0.1) is 0 Å². The zero-order chi connectivity index (χ0) is 20.5. The van der Waals surface area contributed by atoms with Gasteiger partial charge in [-0.05, 0) is 19.0 Å². The zero-order valence-electron chi connectivity index (χ0n) is 15.2. The number of nitro groups is 1. The molecule has 0 radical (unpaired) electrons. The van der Waals surface area contributed by atoms with Gasteiger partial charge in [0.05, 0.1) is 15.9 Å². The Morgan fingerprint density at radius 3 is 2.50 bits per heavy atom. The van der Waals surface area contributed by atoms with Gasteiger partial charge in [-0.2, -0.15) is 18.2 Å². The van der Waals surface area contributed by atoms with Crippen LogP contribution in [0.3, 0.4) is 0 Å². The molecular weight excluding hydrogens is 397 g/mol. The Kier molecular flexibility index (Phi) is 5.84. The van der Waals surface area contributed by atoms with Gasteiger partial charge < -0.3 is 4.90 Å². The molecule has 1 saturated heterocycles. The first-order valence-electron chi connectivity index (χ1n) is 8.88. The van der Waals surface area contributed by atoms with Crippen molar-refractivity contribution in [2.45, 2.75) is 25.9 Å². The van der Waals surface area contributed by atoms with Crippen molar-refractivity contribution < 1.29 is 18.1 Å². The van der Waals surface area contributed by atoms with Crippen LogP contribution in [0.15, 0.2) is 16.9 Å². The molecule has 152 valence electrons. The molecule has 0 aliphatic carbocycles. The van der Waals surface area contributed by atoms with Crippen LogP contribution in [0, 0.1) is 10.1 Å². The largest absolute Gasteiger partial charge is 0.416 e. The molecular formula is C17H19F3N4O3S. The van der Waals surface area contributed by atoms with Gasteiger partial charge in [0.15, 0.2) is 5.13 Å². The third kappa shape index (κ3) is 4.25. The number of non-ortho nitro benzene ring substituents is 1. The van der Waals surface area contributed by atoms with Gasteiger partial charge in [0.2, 0.25) is 0 Å². The molecule has 1 aromatic heterocycles. The van der Waals surface area contributed by atoms with E-state index in [4.69, 9.17) is 0 Å². The normalized spacial score (nSPS) is 15.9. The number of halogens is 3. The van der Waals surface area contributed by atoms with Crippen molar-refractivity contribution in [1.29, 1.82) is 0 Å². The van der Waals surface area contributed by atoms with Crippen LogP contribution in [0.2, 0.25) is 0 Å². The predicted molar refractivity (Wildman–Crippen MR) is 101 cm³/mol. The molecule has 2 aromatic rings. The molecule has 1 aliphatic rings. The van der Waals surface area contributed by atoms with Gasteiger partial charge in [-0.1, -0.05) is 24.7 Å². The highest BCUT2D eigenvalue weighted by Crippen LogP contribution is 2.38. The summed E-state index contributed by atoms with van der Waals surface area (Å²) < 4.78 is 39.0. The van der Waals surface area contributed by atoms with E-state index < -0.39 is 27.9 Å². The van der Waals surface area contributed by atoms with E-state index in [1.807, 2.05) is 4.90 Å². The van der Waals surface area contributed by atoms with E-state index in [1.54, 1.807) is 0 Å². The molecule has 0 atom stereocenters. The average molecular weight is 416 g/mol. The number of anilines is 1. The lowest BCUT2D eigenvalue weighted by Gasteiger charge is -2.34. The molecule has 0 spiro atoms. The van der Waals surface area contributed by atoms with Crippen LogP contribution in [0.25, 0.3) is 10.1 Å². The van der Waals surface area contributed by atoms with Crippen molar-refractivity contribution >= 4 is 32.2 Å². The molecule has 3 rings (SSSR count). The van der Waals surface area contributed by atoms with E-state index in [9.17, 15) is 28.1 Å². The van der Waals surface area contributed by atoms with Gasteiger partial charge >= 0.3 is 6.18 Å². The highest BCUT2D eigenvalue weighted by molar-refractivity contribution is 7.22. The first-order chi connectivity index (χ1) is 13.2. The first-order valence-corrected chi connectivity index (χ1v) is 9.70. The first kappa shape index (κ1) is 20.5. The third-order valence-electron chi connectivity index (χ3n) is 4.69. The number of nitro benzene ring substituents is 1. The molecule has 28 heavy (non-hydrogen) atoms. The lowest BCUT2D eigenvalue weighted by atomic mass is 10.1. The number of benzene rings is 1. The van der Waals surface area contributed by atoms with Crippen LogP contribution >= 0.6 is 11.3 Å². The second-order valence-electron chi connectivity index (χ2n) is 6.61. The van der Waals surface area contributed by atoms with E-state index >= 15 is 0 Å². The fraction of sp³-hybridized carbons (Fsp3) is 0.529. The standard InChI is InChI=1S/C17H19F3N4O3S/c1-2-3-4-22-5-7-23(8-6-22)16-21-15(25)12-9-11(17(18,19)20)10-13(24(26)27)14(12)28-16/h9-10H,2-8H2,1H3. The Bertz CT molecular complexity index is 940. The van der Waals surface area contributed by atoms with E-state index in [1.165, 1.54) is 0 Å². The molecule has 11 heteroatoms. The summed E-state index contributed by atoms with van der Waals surface area (Å²) >= 11 is 0.888. The van der Waals surface area contributed by atoms with Gasteiger partial charge in [-0.3, -0.25) is 19.8 Å². The highest BCUT2D eigenvalue weighted by atomic mass is 32.1. The molecule has 7 nitrogen and oxygen atoms in total. The third-order valence-corrected chi connectivity index (χ3v) is 5.85. The van der Waals surface area contributed by atoms with Crippen LogP contribution in [0.1, 0.15) is 25.3 Å². The smallest absolute Gasteiger partial charge is 0.345 e. The summed E-state index contributed by atoms with van der Waals surface area (Å²) in [5, 5.41) is 11.3. The van der Waals surface area contributed by atoms with E-state index in [0.29, 0.717) is 30.4 Å². The molecule has 1 fully saturated rings. The number of unbranched alkanes of at least 4 members (excludes halogenated alkanes) is 1. The summed E-state index contributed by atoms with van der Waals surface area (Å²) in [5.41, 5.74) is -2.83. The minimum atomic E-state index is -4.79. The lowest BCUT2D eigenvalue weighted by molar-refractivity contribution is -0.383. The van der Waals surface area contributed by atoms with E-state index in [2.05, 4.69) is 16.8 Å². The van der Waals surface area contributed by atoms with Crippen molar-refractivity contribution in [3.05, 3.63) is 38.2 Å². The Labute approximate surface area is 162 Å². The topological polar surface area (TPSA) is 79.6 Å².